The van der Waals surface area contributed by atoms with Crippen molar-refractivity contribution in [1.82, 2.24) is 0 Å². The summed E-state index contributed by atoms with van der Waals surface area (Å²) in [6, 6.07) is 25.0. The quantitative estimate of drug-likeness (QED) is 0.634. The fourth-order valence-corrected chi connectivity index (χ4v) is 1.26. The summed E-state index contributed by atoms with van der Waals surface area (Å²) in [7, 11) is 0. The maximum atomic E-state index is 10.3. The molecule has 0 aliphatic carbocycles. The van der Waals surface area contributed by atoms with E-state index in [1.165, 1.54) is 36.4 Å². The van der Waals surface area contributed by atoms with Crippen molar-refractivity contribution >= 4 is 0 Å². The second-order valence-corrected chi connectivity index (χ2v) is 3.94. The predicted molar refractivity (Wildman–Crippen MR) is 77.7 cm³/mol. The molecule has 22 heavy (non-hydrogen) atoms. The number of rotatable bonds is 0. The maximum absolute atomic E-state index is 10.3. The molecule has 111 valence electrons. The fourth-order valence-electron chi connectivity index (χ4n) is 1.26. The Morgan fingerprint density at radius 3 is 0.636 bits per heavy atom. The Kier molecular flexibility index (Phi) is 11.0. The molecular weight excluding hydrogens is 316 g/mol. The molecule has 3 rings (SSSR count). The van der Waals surface area contributed by atoms with Crippen molar-refractivity contribution in [2.24, 2.45) is 0 Å². The minimum Gasteiger partial charge on any atom is -0.872 e. The summed E-state index contributed by atoms with van der Waals surface area (Å²) in [4.78, 5) is 0. The van der Waals surface area contributed by atoms with Crippen LogP contribution in [0.15, 0.2) is 91.0 Å². The van der Waals surface area contributed by atoms with E-state index >= 15 is 0 Å². The van der Waals surface area contributed by atoms with Crippen molar-refractivity contribution in [1.29, 1.82) is 0 Å². The third-order valence-corrected chi connectivity index (χ3v) is 2.23. The molecule has 0 amide bonds. The Balaban J connectivity index is 0.000000294. The van der Waals surface area contributed by atoms with Gasteiger partial charge in [-0.25, -0.2) is 0 Å². The van der Waals surface area contributed by atoms with Crippen LogP contribution in [0.4, 0.5) is 0 Å². The normalized spacial score (nSPS) is 8.18. The van der Waals surface area contributed by atoms with Crippen molar-refractivity contribution < 1.29 is 32.7 Å². The van der Waals surface area contributed by atoms with Gasteiger partial charge in [-0.3, -0.25) is 0 Å². The summed E-state index contributed by atoms with van der Waals surface area (Å²) in [5.41, 5.74) is 0. The molecule has 0 aromatic heterocycles. The van der Waals surface area contributed by atoms with Crippen LogP contribution in [0, 0.1) is 0 Å². The molecule has 0 spiro atoms. The SMILES string of the molecule is [Cr+3].[O-]c1ccccc1.[O-]c1ccccc1.[O-]c1ccccc1. The van der Waals surface area contributed by atoms with Gasteiger partial charge in [0.25, 0.3) is 0 Å². The van der Waals surface area contributed by atoms with Crippen LogP contribution in [-0.2, 0) is 17.4 Å². The van der Waals surface area contributed by atoms with Crippen LogP contribution in [0.1, 0.15) is 0 Å². The third-order valence-electron chi connectivity index (χ3n) is 2.23. The standard InChI is InChI=1S/3C6H6O.Cr/c3*7-6-4-2-1-3-5-6;/h3*1-5,7H;/q;;;+3/p-3. The Bertz CT molecular complexity index is 497. The summed E-state index contributed by atoms with van der Waals surface area (Å²) < 4.78 is 0. The Labute approximate surface area is 141 Å². The predicted octanol–water partition coefficient (Wildman–Crippen LogP) is 2.28. The van der Waals surface area contributed by atoms with Gasteiger partial charge in [0.2, 0.25) is 0 Å². The largest absolute Gasteiger partial charge is 3.00 e. The molecule has 0 aliphatic rings. The number of benzene rings is 3. The van der Waals surface area contributed by atoms with Gasteiger partial charge < -0.3 is 15.3 Å². The van der Waals surface area contributed by atoms with E-state index in [-0.39, 0.29) is 34.6 Å². The first-order valence-corrected chi connectivity index (χ1v) is 6.34. The molecule has 0 atom stereocenters. The van der Waals surface area contributed by atoms with Gasteiger partial charge in [0.05, 0.1) is 0 Å². The first-order chi connectivity index (χ1) is 10.2. The summed E-state index contributed by atoms with van der Waals surface area (Å²) in [5.74, 6) is 0.215. The van der Waals surface area contributed by atoms with Crippen LogP contribution in [0.5, 0.6) is 17.2 Å². The molecule has 1 radical (unpaired) electrons. The van der Waals surface area contributed by atoms with Crippen LogP contribution in [0.2, 0.25) is 0 Å². The van der Waals surface area contributed by atoms with Gasteiger partial charge in [-0.1, -0.05) is 91.0 Å². The van der Waals surface area contributed by atoms with Crippen molar-refractivity contribution in [3.63, 3.8) is 0 Å². The average Bonchev–Trinajstić information content (AvgIpc) is 2.51. The molecule has 0 aliphatic heterocycles. The molecule has 3 nitrogen and oxygen atoms in total. The van der Waals surface area contributed by atoms with E-state index in [4.69, 9.17) is 0 Å². The second kappa shape index (κ2) is 12.3. The number of hydrogen-bond acceptors (Lipinski definition) is 3. The van der Waals surface area contributed by atoms with E-state index in [9.17, 15) is 15.3 Å². The van der Waals surface area contributed by atoms with Crippen LogP contribution in [-0.4, -0.2) is 0 Å². The molecule has 0 saturated carbocycles. The van der Waals surface area contributed by atoms with Crippen molar-refractivity contribution in [2.45, 2.75) is 0 Å². The molecule has 0 unspecified atom stereocenters. The third kappa shape index (κ3) is 10.4. The minimum atomic E-state index is 0. The summed E-state index contributed by atoms with van der Waals surface area (Å²) >= 11 is 0. The van der Waals surface area contributed by atoms with E-state index < -0.39 is 0 Å². The smallest absolute Gasteiger partial charge is 0.872 e. The van der Waals surface area contributed by atoms with Crippen LogP contribution >= 0.6 is 0 Å². The van der Waals surface area contributed by atoms with Crippen molar-refractivity contribution in [3.05, 3.63) is 91.0 Å². The zero-order chi connectivity index (χ0) is 15.3. The molecule has 3 aromatic rings. The van der Waals surface area contributed by atoms with Gasteiger partial charge in [0.15, 0.2) is 0 Å². The second-order valence-electron chi connectivity index (χ2n) is 3.94. The zero-order valence-electron chi connectivity index (χ0n) is 11.8. The molecule has 0 fully saturated rings. The Hall–Kier alpha value is -2.41. The minimum absolute atomic E-state index is 0. The van der Waals surface area contributed by atoms with E-state index in [0.29, 0.717) is 0 Å². The monoisotopic (exact) mass is 331 g/mol. The van der Waals surface area contributed by atoms with Gasteiger partial charge in [0.1, 0.15) is 0 Å². The topological polar surface area (TPSA) is 69.2 Å². The summed E-state index contributed by atoms with van der Waals surface area (Å²) in [6.07, 6.45) is 0. The Morgan fingerprint density at radius 2 is 0.545 bits per heavy atom. The summed E-state index contributed by atoms with van der Waals surface area (Å²) in [6.45, 7) is 0. The average molecular weight is 331 g/mol. The van der Waals surface area contributed by atoms with Gasteiger partial charge in [-0.2, -0.15) is 0 Å². The molecule has 0 bridgehead atoms. The van der Waals surface area contributed by atoms with E-state index in [1.54, 1.807) is 36.4 Å². The van der Waals surface area contributed by atoms with E-state index in [2.05, 4.69) is 0 Å². The molecule has 4 heteroatoms. The molecule has 0 saturated heterocycles. The number of hydrogen-bond donors (Lipinski definition) is 0. The molecular formula is C18H15CrO3. The van der Waals surface area contributed by atoms with Crippen molar-refractivity contribution in [2.75, 3.05) is 0 Å². The Morgan fingerprint density at radius 1 is 0.364 bits per heavy atom. The van der Waals surface area contributed by atoms with Crippen LogP contribution < -0.4 is 15.3 Å². The zero-order valence-corrected chi connectivity index (χ0v) is 13.1. The van der Waals surface area contributed by atoms with E-state index in [0.717, 1.165) is 0 Å². The van der Waals surface area contributed by atoms with Crippen LogP contribution in [0.25, 0.3) is 0 Å². The van der Waals surface area contributed by atoms with E-state index in [1.807, 2.05) is 18.2 Å². The first-order valence-electron chi connectivity index (χ1n) is 6.34. The van der Waals surface area contributed by atoms with Gasteiger partial charge >= 0.3 is 17.4 Å². The van der Waals surface area contributed by atoms with Crippen molar-refractivity contribution in [3.8, 4) is 17.2 Å². The number of para-hydroxylation sites is 3. The summed E-state index contributed by atoms with van der Waals surface area (Å²) in [5, 5.41) is 30.8. The molecule has 0 heterocycles. The molecule has 3 aromatic carbocycles. The van der Waals surface area contributed by atoms with Gasteiger partial charge in [-0.15, -0.1) is 17.2 Å². The fraction of sp³-hybridized carbons (Fsp3) is 0. The van der Waals surface area contributed by atoms with Gasteiger partial charge in [-0.05, 0) is 0 Å². The van der Waals surface area contributed by atoms with Gasteiger partial charge in [0, 0.05) is 0 Å². The molecule has 0 N–H and O–H groups in total. The first kappa shape index (κ1) is 19.6. The van der Waals surface area contributed by atoms with Crippen LogP contribution in [0.3, 0.4) is 0 Å². The maximum Gasteiger partial charge on any atom is 3.00 e.